The van der Waals surface area contributed by atoms with Crippen LogP contribution in [0.5, 0.6) is 0 Å². The van der Waals surface area contributed by atoms with E-state index in [1.54, 1.807) is 11.3 Å². The summed E-state index contributed by atoms with van der Waals surface area (Å²) in [6.45, 7) is 2.50. The third-order valence-corrected chi connectivity index (χ3v) is 6.42. The number of alkyl carbamates (subject to hydrolysis) is 1. The number of carbonyl (C=O) groups is 1. The van der Waals surface area contributed by atoms with Crippen LogP contribution in [0.2, 0.25) is 0 Å². The van der Waals surface area contributed by atoms with Gasteiger partial charge in [-0.3, -0.25) is 0 Å². The standard InChI is InChI=1S/C21H29NO2S/c1-21(16-24-20(23)22-21)15-14-19-13-12-18(25-19)11-7-3-6-10-17-8-4-2-5-9-17/h12-13,17H,2-6,8-10,14-16H2,1H3,(H,22,23)/t21-/m1/s1. The maximum atomic E-state index is 11.2. The van der Waals surface area contributed by atoms with Gasteiger partial charge in [0, 0.05) is 11.3 Å². The van der Waals surface area contributed by atoms with Crippen molar-refractivity contribution in [1.82, 2.24) is 5.32 Å². The van der Waals surface area contributed by atoms with E-state index in [0.717, 1.165) is 30.1 Å². The molecule has 1 atom stereocenters. The zero-order valence-electron chi connectivity index (χ0n) is 15.2. The van der Waals surface area contributed by atoms with Gasteiger partial charge in [-0.15, -0.1) is 11.3 Å². The molecule has 1 aliphatic carbocycles. The fourth-order valence-corrected chi connectivity index (χ4v) is 4.64. The van der Waals surface area contributed by atoms with E-state index in [0.29, 0.717) is 6.61 Å². The summed E-state index contributed by atoms with van der Waals surface area (Å²) in [5.74, 6) is 7.63. The van der Waals surface area contributed by atoms with Gasteiger partial charge in [0.1, 0.15) is 6.61 Å². The van der Waals surface area contributed by atoms with Crippen LogP contribution in [0, 0.1) is 17.8 Å². The Balaban J connectivity index is 1.37. The van der Waals surface area contributed by atoms with Crippen molar-refractivity contribution in [1.29, 1.82) is 0 Å². The summed E-state index contributed by atoms with van der Waals surface area (Å²) in [7, 11) is 0. The van der Waals surface area contributed by atoms with E-state index in [-0.39, 0.29) is 11.6 Å². The lowest BCUT2D eigenvalue weighted by molar-refractivity contribution is 0.172. The van der Waals surface area contributed by atoms with Crippen LogP contribution in [-0.2, 0) is 11.2 Å². The van der Waals surface area contributed by atoms with Crippen molar-refractivity contribution in [3.05, 3.63) is 21.9 Å². The maximum Gasteiger partial charge on any atom is 0.407 e. The molecule has 2 fully saturated rings. The number of hydrogen-bond donors (Lipinski definition) is 1. The second kappa shape index (κ2) is 8.76. The van der Waals surface area contributed by atoms with Crippen LogP contribution in [0.15, 0.2) is 12.1 Å². The van der Waals surface area contributed by atoms with Gasteiger partial charge in [0.05, 0.1) is 10.4 Å². The molecule has 0 spiro atoms. The fourth-order valence-electron chi connectivity index (χ4n) is 3.76. The minimum atomic E-state index is -0.298. The third-order valence-electron chi connectivity index (χ3n) is 5.36. The van der Waals surface area contributed by atoms with Crippen molar-refractivity contribution in [2.24, 2.45) is 5.92 Å². The van der Waals surface area contributed by atoms with Crippen LogP contribution in [-0.4, -0.2) is 18.2 Å². The molecule has 136 valence electrons. The normalized spacial score (nSPS) is 23.6. The SMILES string of the molecule is C[C@@]1(CCc2ccc(C#CCCCC3CCCCC3)s2)COC(=O)N1. The molecule has 4 heteroatoms. The molecule has 1 aromatic heterocycles. The molecule has 0 radical (unpaired) electrons. The molecule has 3 nitrogen and oxygen atoms in total. The van der Waals surface area contributed by atoms with Gasteiger partial charge in [0.2, 0.25) is 0 Å². The van der Waals surface area contributed by atoms with Crippen molar-refractivity contribution in [3.63, 3.8) is 0 Å². The van der Waals surface area contributed by atoms with Gasteiger partial charge in [0.25, 0.3) is 0 Å². The Bertz CT molecular complexity index is 636. The zero-order chi connectivity index (χ0) is 17.5. The van der Waals surface area contributed by atoms with Crippen molar-refractivity contribution >= 4 is 17.4 Å². The number of nitrogens with one attached hydrogen (secondary N) is 1. The van der Waals surface area contributed by atoms with Crippen LogP contribution in [0.4, 0.5) is 4.79 Å². The van der Waals surface area contributed by atoms with Gasteiger partial charge in [-0.25, -0.2) is 4.79 Å². The molecule has 1 saturated carbocycles. The minimum absolute atomic E-state index is 0.230. The molecular weight excluding hydrogens is 330 g/mol. The second-order valence-electron chi connectivity index (χ2n) is 7.73. The van der Waals surface area contributed by atoms with Gasteiger partial charge in [0.15, 0.2) is 0 Å². The van der Waals surface area contributed by atoms with E-state index in [1.165, 1.54) is 49.8 Å². The summed E-state index contributed by atoms with van der Waals surface area (Å²) >= 11 is 1.77. The topological polar surface area (TPSA) is 38.3 Å². The van der Waals surface area contributed by atoms with E-state index in [9.17, 15) is 4.79 Å². The molecule has 1 aliphatic heterocycles. The molecule has 0 aromatic carbocycles. The molecule has 2 aliphatic rings. The number of unbranched alkanes of at least 4 members (excludes halogenated alkanes) is 1. The number of aryl methyl sites for hydroxylation is 1. The summed E-state index contributed by atoms with van der Waals surface area (Å²) in [5.41, 5.74) is -0.230. The maximum absolute atomic E-state index is 11.2. The molecular formula is C21H29NO2S. The van der Waals surface area contributed by atoms with Crippen molar-refractivity contribution < 1.29 is 9.53 Å². The Labute approximate surface area is 155 Å². The van der Waals surface area contributed by atoms with Crippen molar-refractivity contribution in [2.45, 2.75) is 76.7 Å². The summed E-state index contributed by atoms with van der Waals surface area (Å²) in [5, 5.41) is 2.90. The van der Waals surface area contributed by atoms with Crippen LogP contribution >= 0.6 is 11.3 Å². The molecule has 2 heterocycles. The second-order valence-corrected chi connectivity index (χ2v) is 8.89. The average molecular weight is 360 g/mol. The first-order chi connectivity index (χ1) is 12.1. The van der Waals surface area contributed by atoms with Gasteiger partial charge >= 0.3 is 6.09 Å². The quantitative estimate of drug-likeness (QED) is 0.554. The fraction of sp³-hybridized carbons (Fsp3) is 0.667. The van der Waals surface area contributed by atoms with Crippen LogP contribution in [0.1, 0.15) is 74.5 Å². The molecule has 1 amide bonds. The van der Waals surface area contributed by atoms with Gasteiger partial charge in [-0.2, -0.15) is 0 Å². The van der Waals surface area contributed by atoms with Crippen molar-refractivity contribution in [3.8, 4) is 11.8 Å². The predicted octanol–water partition coefficient (Wildman–Crippen LogP) is 5.28. The largest absolute Gasteiger partial charge is 0.447 e. The Morgan fingerprint density at radius 1 is 1.32 bits per heavy atom. The number of hydrogen-bond acceptors (Lipinski definition) is 3. The first-order valence-electron chi connectivity index (χ1n) is 9.65. The lowest BCUT2D eigenvalue weighted by Crippen LogP contribution is -2.40. The van der Waals surface area contributed by atoms with E-state index < -0.39 is 0 Å². The monoisotopic (exact) mass is 359 g/mol. The molecule has 3 rings (SSSR count). The first-order valence-corrected chi connectivity index (χ1v) is 10.5. The lowest BCUT2D eigenvalue weighted by atomic mass is 9.86. The number of ether oxygens (including phenoxy) is 1. The van der Waals surface area contributed by atoms with E-state index in [2.05, 4.69) is 29.3 Å². The highest BCUT2D eigenvalue weighted by Gasteiger charge is 2.34. The van der Waals surface area contributed by atoms with Crippen LogP contribution < -0.4 is 5.32 Å². The molecule has 1 N–H and O–H groups in total. The third kappa shape index (κ3) is 5.78. The number of thiophene rings is 1. The lowest BCUT2D eigenvalue weighted by Gasteiger charge is -2.20. The van der Waals surface area contributed by atoms with Crippen LogP contribution in [0.25, 0.3) is 0 Å². The average Bonchev–Trinajstić information content (AvgIpc) is 3.20. The summed E-state index contributed by atoms with van der Waals surface area (Å²) in [6.07, 6.45) is 12.4. The van der Waals surface area contributed by atoms with Crippen LogP contribution in [0.3, 0.4) is 0 Å². The van der Waals surface area contributed by atoms with Gasteiger partial charge in [-0.1, -0.05) is 43.9 Å². The van der Waals surface area contributed by atoms with Gasteiger partial charge in [-0.05, 0) is 50.7 Å². The Morgan fingerprint density at radius 3 is 2.92 bits per heavy atom. The van der Waals surface area contributed by atoms with E-state index in [1.807, 2.05) is 6.92 Å². The zero-order valence-corrected chi connectivity index (χ0v) is 16.1. The van der Waals surface area contributed by atoms with E-state index >= 15 is 0 Å². The number of rotatable bonds is 6. The molecule has 0 unspecified atom stereocenters. The number of carbonyl (C=O) groups excluding carboxylic acids is 1. The number of amides is 1. The minimum Gasteiger partial charge on any atom is -0.447 e. The molecule has 0 bridgehead atoms. The highest BCUT2D eigenvalue weighted by molar-refractivity contribution is 7.12. The van der Waals surface area contributed by atoms with Crippen molar-refractivity contribution in [2.75, 3.05) is 6.61 Å². The summed E-state index contributed by atoms with van der Waals surface area (Å²) < 4.78 is 5.01. The predicted molar refractivity (Wildman–Crippen MR) is 103 cm³/mol. The molecule has 1 aromatic rings. The summed E-state index contributed by atoms with van der Waals surface area (Å²) in [4.78, 5) is 13.7. The first kappa shape index (κ1) is 18.3. The van der Waals surface area contributed by atoms with E-state index in [4.69, 9.17) is 4.74 Å². The summed E-state index contributed by atoms with van der Waals surface area (Å²) in [6, 6.07) is 4.29. The smallest absolute Gasteiger partial charge is 0.407 e. The molecule has 25 heavy (non-hydrogen) atoms. The highest BCUT2D eigenvalue weighted by atomic mass is 32.1. The van der Waals surface area contributed by atoms with Gasteiger partial charge < -0.3 is 10.1 Å². The Morgan fingerprint density at radius 2 is 2.16 bits per heavy atom. The Hall–Kier alpha value is -1.47. The Kier molecular flexibility index (Phi) is 6.42. The highest BCUT2D eigenvalue weighted by Crippen LogP contribution is 2.27. The molecule has 1 saturated heterocycles. The number of cyclic esters (lactones) is 1.